The van der Waals surface area contributed by atoms with Gasteiger partial charge in [-0.25, -0.2) is 0 Å². The topological polar surface area (TPSA) is 29.5 Å². The third-order valence-electron chi connectivity index (χ3n) is 2.04. The van der Waals surface area contributed by atoms with Gasteiger partial charge >= 0.3 is 0 Å². The molecule has 0 radical (unpaired) electrons. The molecule has 0 spiro atoms. The predicted octanol–water partition coefficient (Wildman–Crippen LogP) is 1.74. The summed E-state index contributed by atoms with van der Waals surface area (Å²) >= 11 is 0. The van der Waals surface area contributed by atoms with E-state index >= 15 is 0 Å². The van der Waals surface area contributed by atoms with Crippen LogP contribution in [-0.4, -0.2) is 22.9 Å². The molecule has 0 rings (SSSR count). The van der Waals surface area contributed by atoms with Crippen LogP contribution in [0.5, 0.6) is 0 Å². The molecule has 0 saturated heterocycles. The van der Waals surface area contributed by atoms with E-state index in [1.165, 1.54) is 0 Å². The quantitative estimate of drug-likeness (QED) is 0.631. The molecule has 0 aromatic carbocycles. The predicted molar refractivity (Wildman–Crippen MR) is 46.5 cm³/mol. The fourth-order valence-corrected chi connectivity index (χ4v) is 0.444. The van der Waals surface area contributed by atoms with Crippen molar-refractivity contribution in [2.45, 2.75) is 38.9 Å². The largest absolute Gasteiger partial charge is 0.387 e. The monoisotopic (exact) mass is 158 g/mol. The van der Waals surface area contributed by atoms with Crippen molar-refractivity contribution in [3.05, 3.63) is 12.7 Å². The van der Waals surface area contributed by atoms with Gasteiger partial charge < -0.3 is 9.84 Å². The zero-order valence-corrected chi connectivity index (χ0v) is 7.85. The van der Waals surface area contributed by atoms with Crippen LogP contribution < -0.4 is 0 Å². The lowest BCUT2D eigenvalue weighted by atomic mass is 9.89. The Morgan fingerprint density at radius 2 is 1.82 bits per heavy atom. The molecule has 0 amide bonds. The zero-order valence-electron chi connectivity index (χ0n) is 7.85. The van der Waals surface area contributed by atoms with E-state index in [1.807, 2.05) is 13.8 Å². The first-order valence-electron chi connectivity index (χ1n) is 3.78. The van der Waals surface area contributed by atoms with Gasteiger partial charge in [0.15, 0.2) is 0 Å². The Morgan fingerprint density at radius 3 is 2.09 bits per heavy atom. The summed E-state index contributed by atoms with van der Waals surface area (Å²) < 4.78 is 5.38. The third-order valence-corrected chi connectivity index (χ3v) is 2.04. The molecule has 0 heterocycles. The molecular weight excluding hydrogens is 140 g/mol. The second kappa shape index (κ2) is 3.37. The van der Waals surface area contributed by atoms with E-state index < -0.39 is 11.2 Å². The number of rotatable bonds is 4. The van der Waals surface area contributed by atoms with Crippen molar-refractivity contribution in [3.63, 3.8) is 0 Å². The highest BCUT2D eigenvalue weighted by Crippen LogP contribution is 2.24. The summed E-state index contributed by atoms with van der Waals surface area (Å²) in [5, 5.41) is 9.61. The SMILES string of the molecule is C=CCOC(C)(C)C(C)(C)O. The second-order valence-corrected chi connectivity index (χ2v) is 3.67. The Bertz CT molecular complexity index is 131. The molecule has 0 aliphatic heterocycles. The van der Waals surface area contributed by atoms with Gasteiger partial charge in [0.25, 0.3) is 0 Å². The maximum absolute atomic E-state index is 9.61. The second-order valence-electron chi connectivity index (χ2n) is 3.67. The van der Waals surface area contributed by atoms with Crippen molar-refractivity contribution in [2.24, 2.45) is 0 Å². The maximum Gasteiger partial charge on any atom is 0.0910 e. The average molecular weight is 158 g/mol. The van der Waals surface area contributed by atoms with Crippen molar-refractivity contribution in [1.82, 2.24) is 0 Å². The molecule has 0 aromatic rings. The number of hydrogen-bond donors (Lipinski definition) is 1. The summed E-state index contributed by atoms with van der Waals surface area (Å²) in [5.41, 5.74) is -1.35. The lowest BCUT2D eigenvalue weighted by Crippen LogP contribution is -2.47. The van der Waals surface area contributed by atoms with E-state index in [0.29, 0.717) is 6.61 Å². The molecular formula is C9H18O2. The molecule has 0 atom stereocenters. The summed E-state index contributed by atoms with van der Waals surface area (Å²) in [6.07, 6.45) is 1.67. The van der Waals surface area contributed by atoms with Crippen LogP contribution >= 0.6 is 0 Å². The number of aliphatic hydroxyl groups is 1. The van der Waals surface area contributed by atoms with Crippen LogP contribution in [0.1, 0.15) is 27.7 Å². The summed E-state index contributed by atoms with van der Waals surface area (Å²) in [5.74, 6) is 0. The van der Waals surface area contributed by atoms with Gasteiger partial charge in [0.2, 0.25) is 0 Å². The Labute approximate surface area is 68.9 Å². The molecule has 66 valence electrons. The van der Waals surface area contributed by atoms with Crippen molar-refractivity contribution >= 4 is 0 Å². The van der Waals surface area contributed by atoms with Crippen LogP contribution in [0.25, 0.3) is 0 Å². The van der Waals surface area contributed by atoms with Gasteiger partial charge in [-0.2, -0.15) is 0 Å². The summed E-state index contributed by atoms with van der Waals surface area (Å²) in [4.78, 5) is 0. The summed E-state index contributed by atoms with van der Waals surface area (Å²) in [6.45, 7) is 11.2. The molecule has 0 saturated carbocycles. The minimum absolute atomic E-state index is 0.469. The van der Waals surface area contributed by atoms with Crippen LogP contribution in [0.2, 0.25) is 0 Å². The number of hydrogen-bond acceptors (Lipinski definition) is 2. The molecule has 2 nitrogen and oxygen atoms in total. The first-order chi connectivity index (χ1) is 4.81. The molecule has 0 aromatic heterocycles. The fourth-order valence-electron chi connectivity index (χ4n) is 0.444. The van der Waals surface area contributed by atoms with Crippen molar-refractivity contribution in [3.8, 4) is 0 Å². The lowest BCUT2D eigenvalue weighted by molar-refractivity contribution is -0.139. The van der Waals surface area contributed by atoms with Crippen molar-refractivity contribution in [1.29, 1.82) is 0 Å². The van der Waals surface area contributed by atoms with Crippen molar-refractivity contribution < 1.29 is 9.84 Å². The van der Waals surface area contributed by atoms with Gasteiger partial charge in [0.1, 0.15) is 0 Å². The molecule has 1 N–H and O–H groups in total. The van der Waals surface area contributed by atoms with Gasteiger partial charge in [0, 0.05) is 0 Å². The van der Waals surface area contributed by atoms with Gasteiger partial charge in [0.05, 0.1) is 17.8 Å². The number of ether oxygens (including phenoxy) is 1. The van der Waals surface area contributed by atoms with Gasteiger partial charge in [-0.05, 0) is 27.7 Å². The van der Waals surface area contributed by atoms with Gasteiger partial charge in [-0.3, -0.25) is 0 Å². The van der Waals surface area contributed by atoms with Crippen LogP contribution in [0.15, 0.2) is 12.7 Å². The van der Waals surface area contributed by atoms with Gasteiger partial charge in [-0.1, -0.05) is 6.08 Å². The van der Waals surface area contributed by atoms with E-state index in [9.17, 15) is 5.11 Å². The van der Waals surface area contributed by atoms with E-state index in [0.717, 1.165) is 0 Å². The molecule has 11 heavy (non-hydrogen) atoms. The maximum atomic E-state index is 9.61. The standard InChI is InChI=1S/C9H18O2/c1-6-7-11-9(4,5)8(2,3)10/h6,10H,1,7H2,2-5H3. The first kappa shape index (κ1) is 10.7. The molecule has 0 aliphatic rings. The van der Waals surface area contributed by atoms with Crippen LogP contribution in [0.4, 0.5) is 0 Å². The highest BCUT2D eigenvalue weighted by atomic mass is 16.5. The van der Waals surface area contributed by atoms with Gasteiger partial charge in [-0.15, -0.1) is 6.58 Å². The summed E-state index contributed by atoms with van der Waals surface area (Å²) in [7, 11) is 0. The molecule has 0 bridgehead atoms. The fraction of sp³-hybridized carbons (Fsp3) is 0.778. The minimum Gasteiger partial charge on any atom is -0.387 e. The Balaban J connectivity index is 4.10. The van der Waals surface area contributed by atoms with E-state index in [4.69, 9.17) is 4.74 Å². The molecule has 2 heteroatoms. The first-order valence-corrected chi connectivity index (χ1v) is 3.78. The Kier molecular flexibility index (Phi) is 3.27. The van der Waals surface area contributed by atoms with Crippen LogP contribution in [0.3, 0.4) is 0 Å². The summed E-state index contributed by atoms with van der Waals surface area (Å²) in [6, 6.07) is 0. The normalized spacial score (nSPS) is 13.2. The smallest absolute Gasteiger partial charge is 0.0910 e. The molecule has 0 aliphatic carbocycles. The highest BCUT2D eigenvalue weighted by Gasteiger charge is 2.35. The van der Waals surface area contributed by atoms with E-state index in [2.05, 4.69) is 6.58 Å². The zero-order chi connectivity index (χ0) is 9.12. The Morgan fingerprint density at radius 1 is 1.36 bits per heavy atom. The van der Waals surface area contributed by atoms with Crippen LogP contribution in [-0.2, 0) is 4.74 Å². The molecule has 0 unspecified atom stereocenters. The van der Waals surface area contributed by atoms with Crippen LogP contribution in [0, 0.1) is 0 Å². The highest BCUT2D eigenvalue weighted by molar-refractivity contribution is 4.88. The minimum atomic E-state index is -0.823. The Hall–Kier alpha value is -0.340. The average Bonchev–Trinajstić information content (AvgIpc) is 1.81. The lowest BCUT2D eigenvalue weighted by Gasteiger charge is -2.36. The third kappa shape index (κ3) is 3.04. The van der Waals surface area contributed by atoms with Crippen molar-refractivity contribution in [2.75, 3.05) is 6.61 Å². The van der Waals surface area contributed by atoms with E-state index in [-0.39, 0.29) is 0 Å². The molecule has 0 fully saturated rings. The van der Waals surface area contributed by atoms with E-state index in [1.54, 1.807) is 19.9 Å².